The molecule has 5 nitrogen and oxygen atoms in total. The molecule has 1 aromatic rings. The van der Waals surface area contributed by atoms with Crippen LogP contribution in [0.3, 0.4) is 0 Å². The van der Waals surface area contributed by atoms with E-state index in [9.17, 15) is 14.4 Å². The van der Waals surface area contributed by atoms with Gasteiger partial charge in [0.25, 0.3) is 0 Å². The number of ketones is 1. The lowest BCUT2D eigenvalue weighted by molar-refractivity contribution is -0.149. The van der Waals surface area contributed by atoms with Crippen molar-refractivity contribution in [3.8, 4) is 0 Å². The third-order valence-electron chi connectivity index (χ3n) is 2.56. The maximum atomic E-state index is 12.0. The van der Waals surface area contributed by atoms with Crippen molar-refractivity contribution in [2.75, 3.05) is 0 Å². The highest BCUT2D eigenvalue weighted by Gasteiger charge is 2.22. The zero-order chi connectivity index (χ0) is 15.8. The standard InChI is InChI=1S/C16H20O5/c1-11(2)20-15(18)10-14(9-12(3)17)21-16(19)13-7-5-4-6-8-13/h4-8,11,14H,9-10H2,1-3H3/t14-/m1/s1. The molecule has 0 spiro atoms. The minimum absolute atomic E-state index is 0.00817. The SMILES string of the molecule is CC(=O)C[C@H](CC(=O)OC(C)C)OC(=O)c1ccccc1. The first kappa shape index (κ1) is 16.9. The highest BCUT2D eigenvalue weighted by molar-refractivity contribution is 5.90. The smallest absolute Gasteiger partial charge is 0.338 e. The number of carbonyl (C=O) groups excluding carboxylic acids is 3. The molecule has 0 radical (unpaired) electrons. The third-order valence-corrected chi connectivity index (χ3v) is 2.56. The van der Waals surface area contributed by atoms with Crippen molar-refractivity contribution >= 4 is 17.7 Å². The van der Waals surface area contributed by atoms with Crippen LogP contribution in [0.25, 0.3) is 0 Å². The van der Waals surface area contributed by atoms with Crippen molar-refractivity contribution in [3.63, 3.8) is 0 Å². The van der Waals surface area contributed by atoms with Crippen LogP contribution in [0.2, 0.25) is 0 Å². The van der Waals surface area contributed by atoms with Gasteiger partial charge in [0.2, 0.25) is 0 Å². The largest absolute Gasteiger partial charge is 0.463 e. The molecule has 0 aliphatic heterocycles. The van der Waals surface area contributed by atoms with Gasteiger partial charge in [-0.25, -0.2) is 4.79 Å². The van der Waals surface area contributed by atoms with E-state index < -0.39 is 18.0 Å². The van der Waals surface area contributed by atoms with Crippen LogP contribution in [0.15, 0.2) is 30.3 Å². The van der Waals surface area contributed by atoms with Crippen LogP contribution >= 0.6 is 0 Å². The minimum atomic E-state index is -0.804. The van der Waals surface area contributed by atoms with E-state index in [0.717, 1.165) is 0 Å². The lowest BCUT2D eigenvalue weighted by atomic mass is 10.1. The van der Waals surface area contributed by atoms with E-state index in [1.807, 2.05) is 0 Å². The van der Waals surface area contributed by atoms with Crippen LogP contribution in [-0.2, 0) is 19.1 Å². The maximum absolute atomic E-state index is 12.0. The summed E-state index contributed by atoms with van der Waals surface area (Å²) < 4.78 is 10.2. The van der Waals surface area contributed by atoms with E-state index in [2.05, 4.69) is 0 Å². The van der Waals surface area contributed by atoms with Gasteiger partial charge in [-0.05, 0) is 32.9 Å². The van der Waals surface area contributed by atoms with Gasteiger partial charge in [-0.1, -0.05) is 18.2 Å². The summed E-state index contributed by atoms with van der Waals surface area (Å²) in [4.78, 5) is 34.8. The molecular formula is C16H20O5. The molecule has 5 heteroatoms. The van der Waals surface area contributed by atoms with Crippen LogP contribution in [-0.4, -0.2) is 29.9 Å². The third kappa shape index (κ3) is 6.70. The number of hydrogen-bond acceptors (Lipinski definition) is 5. The molecule has 0 amide bonds. The molecular weight excluding hydrogens is 272 g/mol. The number of ether oxygens (including phenoxy) is 2. The number of esters is 2. The van der Waals surface area contributed by atoms with Gasteiger partial charge in [-0.2, -0.15) is 0 Å². The van der Waals surface area contributed by atoms with Gasteiger partial charge in [-0.15, -0.1) is 0 Å². The lowest BCUT2D eigenvalue weighted by Crippen LogP contribution is -2.26. The molecule has 1 atom stereocenters. The highest BCUT2D eigenvalue weighted by Crippen LogP contribution is 2.11. The van der Waals surface area contributed by atoms with Crippen LogP contribution in [0.1, 0.15) is 44.0 Å². The summed E-state index contributed by atoms with van der Waals surface area (Å²) in [5, 5.41) is 0. The highest BCUT2D eigenvalue weighted by atomic mass is 16.6. The summed E-state index contributed by atoms with van der Waals surface area (Å²) in [5.74, 6) is -1.20. The predicted molar refractivity (Wildman–Crippen MR) is 76.8 cm³/mol. The van der Waals surface area contributed by atoms with Gasteiger partial charge in [-0.3, -0.25) is 9.59 Å². The number of carbonyl (C=O) groups is 3. The number of Topliss-reactive ketones (excluding diaryl/α,β-unsaturated/α-hetero) is 1. The van der Waals surface area contributed by atoms with Crippen molar-refractivity contribution in [2.45, 2.75) is 45.8 Å². The molecule has 114 valence electrons. The molecule has 1 rings (SSSR count). The Morgan fingerprint density at radius 3 is 2.14 bits per heavy atom. The van der Waals surface area contributed by atoms with Gasteiger partial charge in [0, 0.05) is 6.42 Å². The number of benzene rings is 1. The second-order valence-electron chi connectivity index (χ2n) is 5.04. The first-order chi connectivity index (χ1) is 9.88. The molecule has 21 heavy (non-hydrogen) atoms. The molecule has 0 heterocycles. The van der Waals surface area contributed by atoms with Crippen molar-refractivity contribution < 1.29 is 23.9 Å². The van der Waals surface area contributed by atoms with E-state index in [4.69, 9.17) is 9.47 Å². The fourth-order valence-corrected chi connectivity index (χ4v) is 1.77. The fourth-order valence-electron chi connectivity index (χ4n) is 1.77. The zero-order valence-electron chi connectivity index (χ0n) is 12.5. The van der Waals surface area contributed by atoms with Gasteiger partial charge in [0.05, 0.1) is 18.1 Å². The van der Waals surface area contributed by atoms with Gasteiger partial charge in [0.15, 0.2) is 0 Å². The molecule has 0 saturated carbocycles. The molecule has 0 bridgehead atoms. The predicted octanol–water partition coefficient (Wildman–Crippen LogP) is 2.53. The Morgan fingerprint density at radius 2 is 1.62 bits per heavy atom. The van der Waals surface area contributed by atoms with Crippen molar-refractivity contribution in [1.82, 2.24) is 0 Å². The molecule has 0 saturated heterocycles. The van der Waals surface area contributed by atoms with Crippen LogP contribution in [0, 0.1) is 0 Å². The minimum Gasteiger partial charge on any atom is -0.463 e. The lowest BCUT2D eigenvalue weighted by Gasteiger charge is -2.17. The molecule has 0 aromatic heterocycles. The van der Waals surface area contributed by atoms with E-state index in [0.29, 0.717) is 5.56 Å². The second-order valence-corrected chi connectivity index (χ2v) is 5.04. The molecule has 0 N–H and O–H groups in total. The van der Waals surface area contributed by atoms with Gasteiger partial charge < -0.3 is 9.47 Å². The normalized spacial score (nSPS) is 11.8. The Bertz CT molecular complexity index is 493. The quantitative estimate of drug-likeness (QED) is 0.722. The van der Waals surface area contributed by atoms with Crippen LogP contribution in [0.5, 0.6) is 0 Å². The molecule has 0 aliphatic rings. The Morgan fingerprint density at radius 1 is 1.00 bits per heavy atom. The van der Waals surface area contributed by atoms with Gasteiger partial charge in [0.1, 0.15) is 11.9 Å². The first-order valence-electron chi connectivity index (χ1n) is 6.83. The summed E-state index contributed by atoms with van der Waals surface area (Å²) in [6.07, 6.45) is -1.19. The van der Waals surface area contributed by atoms with E-state index >= 15 is 0 Å². The van der Waals surface area contributed by atoms with Gasteiger partial charge >= 0.3 is 11.9 Å². The first-order valence-corrected chi connectivity index (χ1v) is 6.83. The Labute approximate surface area is 124 Å². The Hall–Kier alpha value is -2.17. The van der Waals surface area contributed by atoms with Crippen LogP contribution in [0.4, 0.5) is 0 Å². The van der Waals surface area contributed by atoms with E-state index in [1.54, 1.807) is 44.2 Å². The Kier molecular flexibility index (Phi) is 6.59. The van der Waals surface area contributed by atoms with Crippen LogP contribution < -0.4 is 0 Å². The molecule has 1 aromatic carbocycles. The summed E-state index contributed by atoms with van der Waals surface area (Å²) in [6.45, 7) is 4.85. The van der Waals surface area contributed by atoms with Crippen molar-refractivity contribution in [2.24, 2.45) is 0 Å². The molecule has 0 unspecified atom stereocenters. The molecule has 0 aliphatic carbocycles. The average Bonchev–Trinajstić information content (AvgIpc) is 2.37. The summed E-state index contributed by atoms with van der Waals surface area (Å²) in [6, 6.07) is 8.43. The zero-order valence-corrected chi connectivity index (χ0v) is 12.5. The molecule has 0 fully saturated rings. The van der Waals surface area contributed by atoms with Crippen molar-refractivity contribution in [3.05, 3.63) is 35.9 Å². The maximum Gasteiger partial charge on any atom is 0.338 e. The Balaban J connectivity index is 2.67. The topological polar surface area (TPSA) is 69.7 Å². The fraction of sp³-hybridized carbons (Fsp3) is 0.438. The second kappa shape index (κ2) is 8.19. The summed E-state index contributed by atoms with van der Waals surface area (Å²) >= 11 is 0. The summed E-state index contributed by atoms with van der Waals surface area (Å²) in [7, 11) is 0. The average molecular weight is 292 g/mol. The van der Waals surface area contributed by atoms with Crippen molar-refractivity contribution in [1.29, 1.82) is 0 Å². The number of hydrogen-bond donors (Lipinski definition) is 0. The summed E-state index contributed by atoms with van der Waals surface area (Å²) in [5.41, 5.74) is 0.378. The monoisotopic (exact) mass is 292 g/mol. The van der Waals surface area contributed by atoms with E-state index in [-0.39, 0.29) is 24.7 Å². The van der Waals surface area contributed by atoms with E-state index in [1.165, 1.54) is 6.92 Å². The number of rotatable bonds is 7.